The molecule has 1 atom stereocenters. The zero-order valence-corrected chi connectivity index (χ0v) is 15.2. The van der Waals surface area contributed by atoms with Gasteiger partial charge < -0.3 is 4.90 Å². The summed E-state index contributed by atoms with van der Waals surface area (Å²) in [5.41, 5.74) is 0.969. The molecule has 4 rings (SSSR count). The largest absolute Gasteiger partial charge is 0.311 e. The second-order valence-electron chi connectivity index (χ2n) is 6.23. The third-order valence-corrected chi connectivity index (χ3v) is 5.24. The Kier molecular flexibility index (Phi) is 4.82. The van der Waals surface area contributed by atoms with Crippen LogP contribution in [0.2, 0.25) is 0 Å². The van der Waals surface area contributed by atoms with E-state index >= 15 is 0 Å². The molecular weight excluding hydrogens is 386 g/mol. The van der Waals surface area contributed by atoms with Gasteiger partial charge in [0.2, 0.25) is 16.9 Å². The smallest absolute Gasteiger partial charge is 0.239 e. The van der Waals surface area contributed by atoms with E-state index in [9.17, 15) is 18.4 Å². The standard InChI is InChI=1S/C19H14F2N4O2S/c20-12-8-13(21)10-14(9-12)25-7-6-15(18(25)27)16(26)22-19-24-23-17(28-19)11-4-2-1-3-5-11/h1-5,8-10,15H,6-7H2,(H,22,24,26). The van der Waals surface area contributed by atoms with Gasteiger partial charge in [-0.25, -0.2) is 8.78 Å². The van der Waals surface area contributed by atoms with E-state index in [1.54, 1.807) is 0 Å². The van der Waals surface area contributed by atoms with Crippen molar-refractivity contribution in [2.45, 2.75) is 6.42 Å². The maximum absolute atomic E-state index is 13.4. The van der Waals surface area contributed by atoms with Crippen LogP contribution in [-0.2, 0) is 9.59 Å². The summed E-state index contributed by atoms with van der Waals surface area (Å²) in [4.78, 5) is 26.3. The molecule has 9 heteroatoms. The fourth-order valence-electron chi connectivity index (χ4n) is 3.04. The van der Waals surface area contributed by atoms with Crippen LogP contribution >= 0.6 is 11.3 Å². The van der Waals surface area contributed by atoms with Crippen LogP contribution < -0.4 is 10.2 Å². The van der Waals surface area contributed by atoms with E-state index in [1.807, 2.05) is 30.3 Å². The molecule has 1 fully saturated rings. The van der Waals surface area contributed by atoms with Crippen LogP contribution in [0.4, 0.5) is 19.6 Å². The van der Waals surface area contributed by atoms with Gasteiger partial charge in [-0.3, -0.25) is 14.9 Å². The van der Waals surface area contributed by atoms with Crippen LogP contribution in [-0.4, -0.2) is 28.6 Å². The highest BCUT2D eigenvalue weighted by Crippen LogP contribution is 2.29. The first kappa shape index (κ1) is 18.2. The number of aromatic nitrogens is 2. The van der Waals surface area contributed by atoms with Gasteiger partial charge in [-0.1, -0.05) is 41.7 Å². The minimum absolute atomic E-state index is 0.0973. The van der Waals surface area contributed by atoms with Crippen LogP contribution in [0.15, 0.2) is 48.5 Å². The van der Waals surface area contributed by atoms with E-state index < -0.39 is 29.4 Å². The topological polar surface area (TPSA) is 75.2 Å². The van der Waals surface area contributed by atoms with Crippen molar-refractivity contribution in [1.29, 1.82) is 0 Å². The van der Waals surface area contributed by atoms with E-state index in [4.69, 9.17) is 0 Å². The van der Waals surface area contributed by atoms with Crippen molar-refractivity contribution >= 4 is 34.0 Å². The van der Waals surface area contributed by atoms with E-state index in [0.29, 0.717) is 5.01 Å². The molecule has 3 aromatic rings. The van der Waals surface area contributed by atoms with E-state index in [1.165, 1.54) is 16.2 Å². The lowest BCUT2D eigenvalue weighted by molar-refractivity contribution is -0.129. The Morgan fingerprint density at radius 2 is 1.82 bits per heavy atom. The van der Waals surface area contributed by atoms with E-state index in [2.05, 4.69) is 15.5 Å². The van der Waals surface area contributed by atoms with Crippen LogP contribution in [0, 0.1) is 17.6 Å². The molecule has 0 saturated carbocycles. The molecule has 1 unspecified atom stereocenters. The van der Waals surface area contributed by atoms with E-state index in [0.717, 1.165) is 23.8 Å². The highest BCUT2D eigenvalue weighted by molar-refractivity contribution is 7.18. The third kappa shape index (κ3) is 3.61. The molecule has 0 bridgehead atoms. The van der Waals surface area contributed by atoms with Gasteiger partial charge >= 0.3 is 0 Å². The monoisotopic (exact) mass is 400 g/mol. The second-order valence-corrected chi connectivity index (χ2v) is 7.20. The maximum atomic E-state index is 13.4. The number of anilines is 2. The van der Waals surface area contributed by atoms with Gasteiger partial charge in [-0.05, 0) is 18.6 Å². The van der Waals surface area contributed by atoms with Crippen molar-refractivity contribution in [1.82, 2.24) is 10.2 Å². The van der Waals surface area contributed by atoms with Crippen LogP contribution in [0.5, 0.6) is 0 Å². The fraction of sp³-hybridized carbons (Fsp3) is 0.158. The number of benzene rings is 2. The number of nitrogens with one attached hydrogen (secondary N) is 1. The Morgan fingerprint density at radius 1 is 1.11 bits per heavy atom. The SMILES string of the molecule is O=C(Nc1nnc(-c2ccccc2)s1)C1CCN(c2cc(F)cc(F)c2)C1=O. The van der Waals surface area contributed by atoms with Crippen molar-refractivity contribution in [3.05, 3.63) is 60.2 Å². The van der Waals surface area contributed by atoms with Gasteiger partial charge in [0.1, 0.15) is 22.6 Å². The Morgan fingerprint density at radius 3 is 2.54 bits per heavy atom. The molecule has 6 nitrogen and oxygen atoms in total. The normalized spacial score (nSPS) is 16.4. The predicted molar refractivity (Wildman–Crippen MR) is 101 cm³/mol. The number of hydrogen-bond donors (Lipinski definition) is 1. The Hall–Kier alpha value is -3.20. The number of hydrogen-bond acceptors (Lipinski definition) is 5. The first-order valence-corrected chi connectivity index (χ1v) is 9.30. The molecule has 0 spiro atoms. The molecule has 2 aromatic carbocycles. The van der Waals surface area contributed by atoms with Crippen molar-refractivity contribution in [2.24, 2.45) is 5.92 Å². The molecule has 0 aliphatic carbocycles. The summed E-state index contributed by atoms with van der Waals surface area (Å²) >= 11 is 1.20. The summed E-state index contributed by atoms with van der Waals surface area (Å²) in [5.74, 6) is -3.53. The molecule has 1 saturated heterocycles. The first-order chi connectivity index (χ1) is 13.5. The van der Waals surface area contributed by atoms with Crippen molar-refractivity contribution in [3.8, 4) is 10.6 Å². The molecule has 2 amide bonds. The maximum Gasteiger partial charge on any atom is 0.239 e. The van der Waals surface area contributed by atoms with Crippen LogP contribution in [0.1, 0.15) is 6.42 Å². The molecule has 2 heterocycles. The Bertz CT molecular complexity index is 1020. The number of halogens is 2. The van der Waals surface area contributed by atoms with Gasteiger partial charge in [0.05, 0.1) is 0 Å². The van der Waals surface area contributed by atoms with Crippen molar-refractivity contribution in [2.75, 3.05) is 16.8 Å². The summed E-state index contributed by atoms with van der Waals surface area (Å²) < 4.78 is 26.8. The molecule has 1 N–H and O–H groups in total. The van der Waals surface area contributed by atoms with Gasteiger partial charge in [-0.15, -0.1) is 10.2 Å². The average molecular weight is 400 g/mol. The summed E-state index contributed by atoms with van der Waals surface area (Å²) in [7, 11) is 0. The zero-order valence-electron chi connectivity index (χ0n) is 14.4. The van der Waals surface area contributed by atoms with Gasteiger partial charge in [0.15, 0.2) is 0 Å². The fourth-order valence-corrected chi connectivity index (χ4v) is 3.79. The van der Waals surface area contributed by atoms with Crippen molar-refractivity contribution < 1.29 is 18.4 Å². The van der Waals surface area contributed by atoms with Gasteiger partial charge in [-0.2, -0.15) is 0 Å². The lowest BCUT2D eigenvalue weighted by Crippen LogP contribution is -2.33. The molecule has 1 aliphatic rings. The molecule has 0 radical (unpaired) electrons. The third-order valence-electron chi connectivity index (χ3n) is 4.36. The highest BCUT2D eigenvalue weighted by atomic mass is 32.1. The Balaban J connectivity index is 1.46. The number of amides is 2. The molecule has 1 aromatic heterocycles. The number of carbonyl (C=O) groups is 2. The lowest BCUT2D eigenvalue weighted by Gasteiger charge is -2.16. The van der Waals surface area contributed by atoms with Gasteiger partial charge in [0, 0.05) is 23.9 Å². The summed E-state index contributed by atoms with van der Waals surface area (Å²) in [6, 6.07) is 12.2. The summed E-state index contributed by atoms with van der Waals surface area (Å²) in [6.45, 7) is 0.200. The second kappa shape index (κ2) is 7.43. The van der Waals surface area contributed by atoms with Gasteiger partial charge in [0.25, 0.3) is 0 Å². The minimum atomic E-state index is -0.949. The summed E-state index contributed by atoms with van der Waals surface area (Å²) in [5, 5.41) is 11.5. The minimum Gasteiger partial charge on any atom is -0.311 e. The number of rotatable bonds is 4. The quantitative estimate of drug-likeness (QED) is 0.681. The Labute approximate surface area is 162 Å². The molecule has 142 valence electrons. The molecule has 28 heavy (non-hydrogen) atoms. The van der Waals surface area contributed by atoms with Crippen LogP contribution in [0.3, 0.4) is 0 Å². The predicted octanol–water partition coefficient (Wildman–Crippen LogP) is 3.47. The van der Waals surface area contributed by atoms with E-state index in [-0.39, 0.29) is 23.8 Å². The lowest BCUT2D eigenvalue weighted by atomic mass is 10.1. The number of nitrogens with zero attached hydrogens (tertiary/aromatic N) is 3. The number of carbonyl (C=O) groups excluding carboxylic acids is 2. The van der Waals surface area contributed by atoms with Crippen molar-refractivity contribution in [3.63, 3.8) is 0 Å². The zero-order chi connectivity index (χ0) is 19.7. The highest BCUT2D eigenvalue weighted by Gasteiger charge is 2.38. The first-order valence-electron chi connectivity index (χ1n) is 8.48. The molecular formula is C19H14F2N4O2S. The summed E-state index contributed by atoms with van der Waals surface area (Å²) in [6.07, 6.45) is 0.243. The average Bonchev–Trinajstić information content (AvgIpc) is 3.28. The molecule has 1 aliphatic heterocycles. The van der Waals surface area contributed by atoms with Crippen LogP contribution in [0.25, 0.3) is 10.6 Å².